The molecule has 3 aromatic rings. The van der Waals surface area contributed by atoms with Crippen molar-refractivity contribution < 1.29 is 14.3 Å². The third-order valence-electron chi connectivity index (χ3n) is 5.64. The van der Waals surface area contributed by atoms with E-state index in [1.165, 1.54) is 0 Å². The van der Waals surface area contributed by atoms with Crippen LogP contribution in [0.25, 0.3) is 10.9 Å². The molecule has 30 heavy (non-hydrogen) atoms. The molecule has 0 spiro atoms. The lowest BCUT2D eigenvalue weighted by atomic mass is 10.1. The number of fused-ring (bicyclic) bond motifs is 3. The topological polar surface area (TPSA) is 82.5 Å². The van der Waals surface area contributed by atoms with Crippen LogP contribution in [-0.4, -0.2) is 34.7 Å². The minimum Gasteiger partial charge on any atom is -0.486 e. The molecule has 1 amide bonds. The van der Waals surface area contributed by atoms with Crippen molar-refractivity contribution in [2.75, 3.05) is 13.2 Å². The summed E-state index contributed by atoms with van der Waals surface area (Å²) < 4.78 is 13.4. The van der Waals surface area contributed by atoms with Gasteiger partial charge in [0, 0.05) is 18.5 Å². The number of amides is 1. The van der Waals surface area contributed by atoms with Gasteiger partial charge in [0.15, 0.2) is 11.5 Å². The minimum atomic E-state index is -0.261. The Hall–Kier alpha value is -3.35. The van der Waals surface area contributed by atoms with E-state index in [1.807, 2.05) is 24.3 Å². The number of hydrogen-bond acceptors (Lipinski definition) is 5. The van der Waals surface area contributed by atoms with Crippen LogP contribution in [0, 0.1) is 0 Å². The van der Waals surface area contributed by atoms with Crippen molar-refractivity contribution in [1.82, 2.24) is 14.9 Å². The second-order valence-corrected chi connectivity index (χ2v) is 7.74. The number of benzene rings is 2. The molecule has 2 aliphatic heterocycles. The van der Waals surface area contributed by atoms with Crippen LogP contribution in [0.4, 0.5) is 0 Å². The minimum absolute atomic E-state index is 0.0183. The molecule has 1 atom stereocenters. The molecule has 0 unspecified atom stereocenters. The average molecular weight is 405 g/mol. The Morgan fingerprint density at radius 1 is 1.13 bits per heavy atom. The molecule has 0 saturated carbocycles. The van der Waals surface area contributed by atoms with Crippen molar-refractivity contribution >= 4 is 16.8 Å². The first-order valence-corrected chi connectivity index (χ1v) is 10.4. The molecule has 7 nitrogen and oxygen atoms in total. The molecular formula is C23H23N3O4. The van der Waals surface area contributed by atoms with Crippen LogP contribution in [0.15, 0.2) is 47.3 Å². The predicted molar refractivity (Wildman–Crippen MR) is 112 cm³/mol. The SMILES string of the molecule is O=C(NC[C@@H]1COc2ccccc2O1)c1ccc2c(=O)n3c(nc2c1)CCCCC3. The van der Waals surface area contributed by atoms with Gasteiger partial charge in [0.2, 0.25) is 0 Å². The van der Waals surface area contributed by atoms with Crippen molar-refractivity contribution in [3.05, 3.63) is 64.2 Å². The van der Waals surface area contributed by atoms with E-state index >= 15 is 0 Å². The Morgan fingerprint density at radius 3 is 2.90 bits per heavy atom. The molecular weight excluding hydrogens is 382 g/mol. The summed E-state index contributed by atoms with van der Waals surface area (Å²) in [6, 6.07) is 12.6. The number of nitrogens with one attached hydrogen (secondary N) is 1. The lowest BCUT2D eigenvalue weighted by Gasteiger charge is -2.26. The van der Waals surface area contributed by atoms with E-state index in [0.717, 1.165) is 31.5 Å². The van der Waals surface area contributed by atoms with E-state index in [0.29, 0.717) is 47.7 Å². The molecule has 2 aromatic carbocycles. The third-order valence-corrected chi connectivity index (χ3v) is 5.64. The van der Waals surface area contributed by atoms with Crippen molar-refractivity contribution in [2.24, 2.45) is 0 Å². The highest BCUT2D eigenvalue weighted by atomic mass is 16.6. The van der Waals surface area contributed by atoms with E-state index in [2.05, 4.69) is 5.32 Å². The largest absolute Gasteiger partial charge is 0.486 e. The van der Waals surface area contributed by atoms with Gasteiger partial charge < -0.3 is 14.8 Å². The molecule has 0 aliphatic carbocycles. The van der Waals surface area contributed by atoms with Crippen LogP contribution in [-0.2, 0) is 13.0 Å². The monoisotopic (exact) mass is 405 g/mol. The summed E-state index contributed by atoms with van der Waals surface area (Å²) >= 11 is 0. The van der Waals surface area contributed by atoms with E-state index in [9.17, 15) is 9.59 Å². The number of hydrogen-bond donors (Lipinski definition) is 1. The molecule has 1 aromatic heterocycles. The van der Waals surface area contributed by atoms with Crippen LogP contribution >= 0.6 is 0 Å². The van der Waals surface area contributed by atoms with Gasteiger partial charge in [0.05, 0.1) is 17.4 Å². The zero-order chi connectivity index (χ0) is 20.5. The number of aromatic nitrogens is 2. The van der Waals surface area contributed by atoms with Crippen molar-refractivity contribution in [2.45, 2.75) is 38.3 Å². The van der Waals surface area contributed by atoms with Crippen molar-refractivity contribution in [3.63, 3.8) is 0 Å². The van der Waals surface area contributed by atoms with Gasteiger partial charge in [0.1, 0.15) is 18.5 Å². The summed E-state index contributed by atoms with van der Waals surface area (Å²) in [5.41, 5.74) is 1.03. The quantitative estimate of drug-likeness (QED) is 0.725. The van der Waals surface area contributed by atoms with Crippen LogP contribution < -0.4 is 20.3 Å². The Kier molecular flexibility index (Phi) is 4.86. The fraction of sp³-hybridized carbons (Fsp3) is 0.348. The highest BCUT2D eigenvalue weighted by molar-refractivity contribution is 5.97. The second kappa shape index (κ2) is 7.82. The third kappa shape index (κ3) is 3.51. The maximum Gasteiger partial charge on any atom is 0.261 e. The molecule has 7 heteroatoms. The fourth-order valence-corrected chi connectivity index (χ4v) is 4.03. The molecule has 0 radical (unpaired) electrons. The highest BCUT2D eigenvalue weighted by Gasteiger charge is 2.21. The van der Waals surface area contributed by atoms with Gasteiger partial charge in [-0.05, 0) is 43.2 Å². The molecule has 0 bridgehead atoms. The Labute approximate surface area is 173 Å². The van der Waals surface area contributed by atoms with Crippen LogP contribution in [0.1, 0.15) is 35.4 Å². The lowest BCUT2D eigenvalue weighted by Crippen LogP contribution is -2.40. The van der Waals surface area contributed by atoms with Crippen LogP contribution in [0.5, 0.6) is 11.5 Å². The van der Waals surface area contributed by atoms with Crippen LogP contribution in [0.2, 0.25) is 0 Å². The first-order valence-electron chi connectivity index (χ1n) is 10.4. The molecule has 3 heterocycles. The van der Waals surface area contributed by atoms with Gasteiger partial charge in [-0.2, -0.15) is 0 Å². The van der Waals surface area contributed by atoms with E-state index in [4.69, 9.17) is 14.5 Å². The molecule has 5 rings (SSSR count). The summed E-state index contributed by atoms with van der Waals surface area (Å²) in [7, 11) is 0. The highest BCUT2D eigenvalue weighted by Crippen LogP contribution is 2.30. The summed E-state index contributed by atoms with van der Waals surface area (Å²) in [5.74, 6) is 1.98. The molecule has 0 fully saturated rings. The zero-order valence-corrected chi connectivity index (χ0v) is 16.6. The first-order chi connectivity index (χ1) is 14.7. The predicted octanol–water partition coefficient (Wildman–Crippen LogP) is 2.69. The van der Waals surface area contributed by atoms with E-state index in [-0.39, 0.29) is 17.6 Å². The van der Waals surface area contributed by atoms with Crippen molar-refractivity contribution in [3.8, 4) is 11.5 Å². The van der Waals surface area contributed by atoms with Gasteiger partial charge in [-0.15, -0.1) is 0 Å². The van der Waals surface area contributed by atoms with Gasteiger partial charge in [0.25, 0.3) is 11.5 Å². The summed E-state index contributed by atoms with van der Waals surface area (Å²) in [4.78, 5) is 30.2. The average Bonchev–Trinajstić information content (AvgIpc) is 3.03. The zero-order valence-electron chi connectivity index (χ0n) is 16.6. The van der Waals surface area contributed by atoms with E-state index in [1.54, 1.807) is 22.8 Å². The number of ether oxygens (including phenoxy) is 2. The normalized spacial score (nSPS) is 17.8. The smallest absolute Gasteiger partial charge is 0.261 e. The molecule has 154 valence electrons. The standard InChI is InChI=1S/C23H23N3O4/c27-22(24-13-16-14-29-19-6-3-4-7-20(19)30-16)15-9-10-17-18(12-15)25-21-8-2-1-5-11-26(21)23(17)28/h3-4,6-7,9-10,12,16H,1-2,5,8,11,13-14H2,(H,24,27)/t16-/m1/s1. The number of carbonyl (C=O) groups excluding carboxylic acids is 1. The van der Waals surface area contributed by atoms with Crippen LogP contribution in [0.3, 0.4) is 0 Å². The van der Waals surface area contributed by atoms with Gasteiger partial charge in [-0.1, -0.05) is 18.6 Å². The Bertz CT molecular complexity index is 1170. The second-order valence-electron chi connectivity index (χ2n) is 7.74. The van der Waals surface area contributed by atoms with E-state index < -0.39 is 0 Å². The maximum absolute atomic E-state index is 12.8. The fourth-order valence-electron chi connectivity index (χ4n) is 4.03. The number of para-hydroxylation sites is 2. The van der Waals surface area contributed by atoms with Crippen molar-refractivity contribution in [1.29, 1.82) is 0 Å². The summed E-state index contributed by atoms with van der Waals surface area (Å²) in [6.07, 6.45) is 3.66. The number of carbonyl (C=O) groups is 1. The molecule has 0 saturated heterocycles. The number of aryl methyl sites for hydroxylation is 1. The lowest BCUT2D eigenvalue weighted by molar-refractivity contribution is 0.0789. The summed E-state index contributed by atoms with van der Waals surface area (Å²) in [5, 5.41) is 3.45. The molecule has 1 N–H and O–H groups in total. The Morgan fingerprint density at radius 2 is 2.00 bits per heavy atom. The number of rotatable bonds is 3. The first kappa shape index (κ1) is 18.7. The number of nitrogens with zero attached hydrogens (tertiary/aromatic N) is 2. The van der Waals surface area contributed by atoms with Gasteiger partial charge >= 0.3 is 0 Å². The summed E-state index contributed by atoms with van der Waals surface area (Å²) in [6.45, 7) is 1.41. The van der Waals surface area contributed by atoms with Gasteiger partial charge in [-0.25, -0.2) is 4.98 Å². The Balaban J connectivity index is 1.32. The maximum atomic E-state index is 12.8. The molecule has 2 aliphatic rings. The van der Waals surface area contributed by atoms with Gasteiger partial charge in [-0.3, -0.25) is 14.2 Å².